The molecule has 1 aliphatic heterocycles. The van der Waals surface area contributed by atoms with Crippen molar-refractivity contribution in [2.75, 3.05) is 12.9 Å². The molecule has 5 aromatic rings. The van der Waals surface area contributed by atoms with Crippen molar-refractivity contribution in [2.24, 2.45) is 5.92 Å². The van der Waals surface area contributed by atoms with E-state index in [1.165, 1.54) is 48.2 Å². The molecule has 1 fully saturated rings. The normalized spacial score (nSPS) is 16.3. The number of nitro groups is 2. The van der Waals surface area contributed by atoms with Gasteiger partial charge in [-0.3, -0.25) is 10.1 Å². The van der Waals surface area contributed by atoms with Crippen LogP contribution in [0.3, 0.4) is 0 Å². The Balaban J connectivity index is 1.41. The first kappa shape index (κ1) is 40.2. The first-order chi connectivity index (χ1) is 27.5. The van der Waals surface area contributed by atoms with Gasteiger partial charge in [-0.1, -0.05) is 6.07 Å². The van der Waals surface area contributed by atoms with Crippen molar-refractivity contribution in [3.05, 3.63) is 171 Å². The number of hydrogen-bond acceptors (Lipinski definition) is 11. The molecular weight excluding hydrogens is 753 g/mol. The zero-order chi connectivity index (χ0) is 40.6. The zero-order valence-electron chi connectivity index (χ0n) is 30.9. The Kier molecular flexibility index (Phi) is 12.1. The van der Waals surface area contributed by atoms with Crippen LogP contribution in [0.2, 0.25) is 0 Å². The van der Waals surface area contributed by atoms with Crippen molar-refractivity contribution in [3.8, 4) is 0 Å². The molecule has 1 N–H and O–H groups in total. The number of carbonyl (C=O) groups is 3. The molecule has 0 aliphatic carbocycles. The van der Waals surface area contributed by atoms with Crippen LogP contribution in [-0.4, -0.2) is 62.7 Å². The summed E-state index contributed by atoms with van der Waals surface area (Å²) in [5, 5.41) is 35.4. The molecule has 3 unspecified atom stereocenters. The standard InChI is InChI=1S/C42H40N3O11P/c1-30(56-41(48)54-27-31-15-11-13-23-36(31)44(50)51)39-38(25-26-46)43(40(39)47)29-57(33-17-5-2-6-18-33,34-19-7-3-8-20-34,35-21-9-4-10-22-35)42(49)55-28-32-16-12-14-24-37(32)45(52)53/h2-24,30,38-39,46H,25-29H2,1H3. The summed E-state index contributed by atoms with van der Waals surface area (Å²) in [6.45, 7) is -4.43. The number of aliphatic hydroxyl groups is 1. The van der Waals surface area contributed by atoms with Crippen molar-refractivity contribution in [1.82, 2.24) is 4.90 Å². The molecule has 1 saturated heterocycles. The summed E-state index contributed by atoms with van der Waals surface area (Å²) in [5.74, 6) is -1.42. The predicted octanol–water partition coefficient (Wildman–Crippen LogP) is 6.58. The summed E-state index contributed by atoms with van der Waals surface area (Å²) < 4.78 is 17.0. The van der Waals surface area contributed by atoms with Gasteiger partial charge in [0.15, 0.2) is 0 Å². The van der Waals surface area contributed by atoms with Crippen LogP contribution in [0.5, 0.6) is 0 Å². The van der Waals surface area contributed by atoms with E-state index >= 15 is 4.79 Å². The Morgan fingerprint density at radius 1 is 0.702 bits per heavy atom. The van der Waals surface area contributed by atoms with E-state index in [4.69, 9.17) is 14.2 Å². The summed E-state index contributed by atoms with van der Waals surface area (Å²) in [7, 11) is 0. The first-order valence-corrected chi connectivity index (χ1v) is 20.5. The van der Waals surface area contributed by atoms with E-state index in [0.29, 0.717) is 15.9 Å². The number of amides is 1. The van der Waals surface area contributed by atoms with Crippen LogP contribution in [0.25, 0.3) is 0 Å². The topological polar surface area (TPSA) is 189 Å². The second-order valence-electron chi connectivity index (χ2n) is 13.6. The number of carbonyl (C=O) groups excluding carboxylic acids is 3. The summed E-state index contributed by atoms with van der Waals surface area (Å²) in [6.07, 6.45) is -2.37. The number of β-lactam (4-membered cyclic amide) rings is 1. The summed E-state index contributed by atoms with van der Waals surface area (Å²) in [6, 6.07) is 38.0. The number of para-hydroxylation sites is 2. The number of aliphatic hydroxyl groups excluding tert-OH is 1. The predicted molar refractivity (Wildman–Crippen MR) is 213 cm³/mol. The molecule has 0 saturated carbocycles. The van der Waals surface area contributed by atoms with Crippen molar-refractivity contribution in [3.63, 3.8) is 0 Å². The minimum absolute atomic E-state index is 0.0610. The van der Waals surface area contributed by atoms with Gasteiger partial charge in [-0.25, -0.2) is 0 Å². The van der Waals surface area contributed by atoms with Gasteiger partial charge in [0.25, 0.3) is 0 Å². The molecule has 1 amide bonds. The summed E-state index contributed by atoms with van der Waals surface area (Å²) in [5.41, 5.74) is -0.811. The van der Waals surface area contributed by atoms with Crippen LogP contribution in [0.1, 0.15) is 24.5 Å². The van der Waals surface area contributed by atoms with E-state index in [1.807, 2.05) is 36.4 Å². The fourth-order valence-electron chi connectivity index (χ4n) is 7.73. The van der Waals surface area contributed by atoms with Gasteiger partial charge in [0, 0.05) is 0 Å². The summed E-state index contributed by atoms with van der Waals surface area (Å²) >= 11 is 0. The van der Waals surface area contributed by atoms with E-state index in [2.05, 4.69) is 0 Å². The Labute approximate surface area is 327 Å². The quantitative estimate of drug-likeness (QED) is 0.0374. The summed E-state index contributed by atoms with van der Waals surface area (Å²) in [4.78, 5) is 66.9. The van der Waals surface area contributed by atoms with E-state index in [1.54, 1.807) is 66.7 Å². The SMILES string of the molecule is CC(OC(=O)OCc1ccccc1[N+](=O)[O-])C1C(=O)N(CP(C(=O)OCc2ccccc2[N+](=O)[O-])(c2ccccc2)(c2ccccc2)c2ccccc2)C1CCO. The third-order valence-electron chi connectivity index (χ3n) is 10.5. The molecule has 15 heteroatoms. The molecule has 5 aromatic carbocycles. The number of ether oxygens (including phenoxy) is 3. The monoisotopic (exact) mass is 793 g/mol. The average Bonchev–Trinajstić information content (AvgIpc) is 3.23. The van der Waals surface area contributed by atoms with E-state index < -0.39 is 65.5 Å². The molecule has 0 radical (unpaired) electrons. The van der Waals surface area contributed by atoms with Gasteiger partial charge in [-0.15, -0.1) is 0 Å². The van der Waals surface area contributed by atoms with Crippen LogP contribution < -0.4 is 15.9 Å². The number of nitrogens with zero attached hydrogens (tertiary/aromatic N) is 3. The number of benzene rings is 5. The number of hydrogen-bond donors (Lipinski definition) is 1. The van der Waals surface area contributed by atoms with Gasteiger partial charge in [-0.2, -0.15) is 0 Å². The molecule has 0 aromatic heterocycles. The molecule has 3 atom stereocenters. The fourth-order valence-corrected chi connectivity index (χ4v) is 13.7. The minimum atomic E-state index is -4.72. The molecular formula is C42H40N3O11P. The van der Waals surface area contributed by atoms with Gasteiger partial charge < -0.3 is 0 Å². The van der Waals surface area contributed by atoms with Crippen LogP contribution >= 0.6 is 6.60 Å². The molecule has 14 nitrogen and oxygen atoms in total. The maximum atomic E-state index is 15.7. The van der Waals surface area contributed by atoms with Crippen molar-refractivity contribution in [1.29, 1.82) is 0 Å². The third kappa shape index (κ3) is 7.44. The molecule has 294 valence electrons. The number of likely N-dealkylation sites (tertiary alicyclic amines) is 1. The van der Waals surface area contributed by atoms with Crippen LogP contribution in [0.15, 0.2) is 140 Å². The molecule has 0 bridgehead atoms. The Bertz CT molecular complexity index is 2160. The maximum absolute atomic E-state index is 15.7. The zero-order valence-corrected chi connectivity index (χ0v) is 31.8. The Hall–Kier alpha value is -6.50. The second-order valence-corrected chi connectivity index (χ2v) is 18.4. The van der Waals surface area contributed by atoms with E-state index in [9.17, 15) is 34.9 Å². The Morgan fingerprint density at radius 3 is 1.56 bits per heavy atom. The second kappa shape index (κ2) is 17.1. The van der Waals surface area contributed by atoms with Gasteiger partial charge in [0.1, 0.15) is 0 Å². The van der Waals surface area contributed by atoms with Crippen LogP contribution in [-0.2, 0) is 32.2 Å². The van der Waals surface area contributed by atoms with E-state index in [0.717, 1.165) is 0 Å². The van der Waals surface area contributed by atoms with Crippen molar-refractivity contribution >= 4 is 51.7 Å². The number of rotatable bonds is 16. The first-order valence-electron chi connectivity index (χ1n) is 18.1. The fraction of sp³-hybridized carbons (Fsp3) is 0.214. The third-order valence-corrected chi connectivity index (χ3v) is 16.6. The molecule has 6 rings (SSSR count). The van der Waals surface area contributed by atoms with Gasteiger partial charge in [-0.05, 0) is 0 Å². The van der Waals surface area contributed by atoms with Crippen molar-refractivity contribution in [2.45, 2.75) is 38.7 Å². The van der Waals surface area contributed by atoms with E-state index in [-0.39, 0.29) is 41.8 Å². The molecule has 1 aliphatic rings. The van der Waals surface area contributed by atoms with Crippen molar-refractivity contribution < 1.29 is 43.5 Å². The molecule has 0 spiro atoms. The molecule has 1 heterocycles. The van der Waals surface area contributed by atoms with Crippen LogP contribution in [0, 0.1) is 26.1 Å². The average molecular weight is 794 g/mol. The van der Waals surface area contributed by atoms with Gasteiger partial charge in [0.05, 0.1) is 0 Å². The van der Waals surface area contributed by atoms with Gasteiger partial charge in [0.2, 0.25) is 0 Å². The van der Waals surface area contributed by atoms with Gasteiger partial charge >= 0.3 is 312 Å². The Morgan fingerprint density at radius 2 is 1.12 bits per heavy atom. The van der Waals surface area contributed by atoms with Crippen LogP contribution in [0.4, 0.5) is 21.0 Å². The number of nitro benzene ring substituents is 2. The molecule has 57 heavy (non-hydrogen) atoms.